The molecular weight excluding hydrogens is 356 g/mol. The van der Waals surface area contributed by atoms with Gasteiger partial charge in [-0.15, -0.1) is 0 Å². The highest BCUT2D eigenvalue weighted by molar-refractivity contribution is 5.69. The maximum Gasteiger partial charge on any atom is 0.305 e. The molecule has 28 heavy (non-hydrogen) atoms. The van der Waals surface area contributed by atoms with Crippen LogP contribution >= 0.6 is 0 Å². The van der Waals surface area contributed by atoms with Gasteiger partial charge in [0.2, 0.25) is 0 Å². The van der Waals surface area contributed by atoms with E-state index in [0.29, 0.717) is 24.2 Å². The van der Waals surface area contributed by atoms with Crippen LogP contribution in [0.2, 0.25) is 0 Å². The zero-order chi connectivity index (χ0) is 20.1. The minimum absolute atomic E-state index is 0.338. The molecule has 1 aromatic carbocycles. The molecule has 0 N–H and O–H groups in total. The number of carbonyl (C=O) groups excluding carboxylic acids is 2. The van der Waals surface area contributed by atoms with E-state index in [1.807, 2.05) is 0 Å². The fourth-order valence-corrected chi connectivity index (χ4v) is 6.46. The Balaban J connectivity index is 1.68. The Morgan fingerprint density at radius 1 is 1.04 bits per heavy atom. The third-order valence-electron chi connectivity index (χ3n) is 7.60. The molecule has 152 valence electrons. The van der Waals surface area contributed by atoms with Crippen molar-refractivity contribution < 1.29 is 23.8 Å². The van der Waals surface area contributed by atoms with Crippen LogP contribution in [0.25, 0.3) is 0 Å². The molecule has 0 spiro atoms. The number of carbonyl (C=O) groups is 2. The molecule has 1 aromatic rings. The van der Waals surface area contributed by atoms with Crippen LogP contribution in [-0.4, -0.2) is 24.8 Å². The number of esters is 2. The number of fused-ring (bicyclic) bond motifs is 5. The van der Waals surface area contributed by atoms with E-state index in [0.717, 1.165) is 37.9 Å². The number of ether oxygens (including phenoxy) is 3. The van der Waals surface area contributed by atoms with Crippen molar-refractivity contribution in [3.63, 3.8) is 0 Å². The van der Waals surface area contributed by atoms with E-state index in [-0.39, 0.29) is 17.4 Å². The van der Waals surface area contributed by atoms with Crippen LogP contribution in [0.4, 0.5) is 0 Å². The summed E-state index contributed by atoms with van der Waals surface area (Å²) in [6.07, 6.45) is 5.55. The Labute approximate surface area is 166 Å². The van der Waals surface area contributed by atoms with E-state index in [4.69, 9.17) is 14.2 Å². The van der Waals surface area contributed by atoms with Gasteiger partial charge in [0, 0.05) is 25.7 Å². The molecule has 4 rings (SSSR count). The van der Waals surface area contributed by atoms with Crippen molar-refractivity contribution in [3.8, 4) is 5.75 Å². The van der Waals surface area contributed by atoms with Crippen molar-refractivity contribution in [1.82, 2.24) is 0 Å². The Morgan fingerprint density at radius 3 is 2.39 bits per heavy atom. The van der Waals surface area contributed by atoms with Crippen LogP contribution < -0.4 is 4.74 Å². The number of rotatable bonds is 3. The third kappa shape index (κ3) is 2.82. The standard InChI is InChI=1S/C23H30O5/c1-14(24)27-23(28-15(2)25)12-10-21-20-7-5-16-13-17(26-4)6-8-18(16)19(20)9-11-22(21,23)3/h6,8,13,19-21H,5,7,9-12H2,1-4H3. The van der Waals surface area contributed by atoms with E-state index in [2.05, 4.69) is 25.1 Å². The van der Waals surface area contributed by atoms with Crippen molar-refractivity contribution >= 4 is 11.9 Å². The second-order valence-corrected chi connectivity index (χ2v) is 8.92. The minimum atomic E-state index is -1.12. The molecule has 0 heterocycles. The highest BCUT2D eigenvalue weighted by Crippen LogP contribution is 2.65. The Bertz CT molecular complexity index is 784. The van der Waals surface area contributed by atoms with Gasteiger partial charge in [0.25, 0.3) is 5.79 Å². The SMILES string of the molecule is COc1ccc2c(c1)CCC1C2CCC2(C)C1CCC2(OC(C)=O)OC(C)=O. The molecule has 0 radical (unpaired) electrons. The van der Waals surface area contributed by atoms with Gasteiger partial charge >= 0.3 is 11.9 Å². The number of methoxy groups -OCH3 is 1. The lowest BCUT2D eigenvalue weighted by molar-refractivity contribution is -0.270. The zero-order valence-corrected chi connectivity index (χ0v) is 17.2. The number of hydrogen-bond acceptors (Lipinski definition) is 5. The Morgan fingerprint density at radius 2 is 1.75 bits per heavy atom. The first-order valence-corrected chi connectivity index (χ1v) is 10.4. The molecular formula is C23H30O5. The lowest BCUT2D eigenvalue weighted by Gasteiger charge is -2.53. The largest absolute Gasteiger partial charge is 0.497 e. The van der Waals surface area contributed by atoms with Crippen molar-refractivity contribution in [2.24, 2.45) is 17.3 Å². The van der Waals surface area contributed by atoms with Gasteiger partial charge in [-0.2, -0.15) is 0 Å². The van der Waals surface area contributed by atoms with Crippen molar-refractivity contribution in [2.45, 2.75) is 71.0 Å². The summed E-state index contributed by atoms with van der Waals surface area (Å²) in [5.41, 5.74) is 2.50. The highest BCUT2D eigenvalue weighted by Gasteiger charge is 2.66. The molecule has 4 atom stereocenters. The van der Waals surface area contributed by atoms with Crippen LogP contribution in [0.3, 0.4) is 0 Å². The summed E-state index contributed by atoms with van der Waals surface area (Å²) >= 11 is 0. The summed E-state index contributed by atoms with van der Waals surface area (Å²) in [7, 11) is 1.71. The monoisotopic (exact) mass is 386 g/mol. The summed E-state index contributed by atoms with van der Waals surface area (Å²) < 4.78 is 16.9. The lowest BCUT2D eigenvalue weighted by atomic mass is 9.55. The molecule has 3 aliphatic rings. The lowest BCUT2D eigenvalue weighted by Crippen LogP contribution is -2.54. The molecule has 5 nitrogen and oxygen atoms in total. The molecule has 0 aliphatic heterocycles. The van der Waals surface area contributed by atoms with Crippen LogP contribution in [0.15, 0.2) is 18.2 Å². The molecule has 0 bridgehead atoms. The molecule has 0 amide bonds. The fraction of sp³-hybridized carbons (Fsp3) is 0.652. The topological polar surface area (TPSA) is 61.8 Å². The number of benzene rings is 1. The average Bonchev–Trinajstić information content (AvgIpc) is 2.92. The zero-order valence-electron chi connectivity index (χ0n) is 17.2. The maximum absolute atomic E-state index is 11.9. The van der Waals surface area contributed by atoms with Gasteiger partial charge in [0.15, 0.2) is 0 Å². The summed E-state index contributed by atoms with van der Waals surface area (Å²) in [5, 5.41) is 0. The summed E-state index contributed by atoms with van der Waals surface area (Å²) in [5.74, 6) is 0.437. The molecule has 2 fully saturated rings. The highest BCUT2D eigenvalue weighted by atomic mass is 16.7. The number of hydrogen-bond donors (Lipinski definition) is 0. The van der Waals surface area contributed by atoms with E-state index >= 15 is 0 Å². The first-order valence-electron chi connectivity index (χ1n) is 10.4. The molecule has 0 saturated heterocycles. The Kier molecular flexibility index (Phi) is 4.67. The van der Waals surface area contributed by atoms with Gasteiger partial charge in [-0.25, -0.2) is 0 Å². The normalized spacial score (nSPS) is 32.5. The smallest absolute Gasteiger partial charge is 0.305 e. The van der Waals surface area contributed by atoms with Crippen LogP contribution in [0.1, 0.15) is 69.9 Å². The van der Waals surface area contributed by atoms with Crippen LogP contribution in [0, 0.1) is 17.3 Å². The summed E-state index contributed by atoms with van der Waals surface area (Å²) in [6, 6.07) is 6.47. The molecule has 2 saturated carbocycles. The molecule has 5 heteroatoms. The fourth-order valence-electron chi connectivity index (χ4n) is 6.46. The quantitative estimate of drug-likeness (QED) is 0.570. The third-order valence-corrected chi connectivity index (χ3v) is 7.60. The van der Waals surface area contributed by atoms with Crippen molar-refractivity contribution in [2.75, 3.05) is 7.11 Å². The van der Waals surface area contributed by atoms with Gasteiger partial charge < -0.3 is 14.2 Å². The first kappa shape index (κ1) is 19.3. The maximum atomic E-state index is 11.9. The predicted octanol–water partition coefficient (Wildman–Crippen LogP) is 4.37. The van der Waals surface area contributed by atoms with Crippen LogP contribution in [-0.2, 0) is 25.5 Å². The van der Waals surface area contributed by atoms with Crippen LogP contribution in [0.5, 0.6) is 5.75 Å². The second kappa shape index (κ2) is 6.78. The van der Waals surface area contributed by atoms with Crippen molar-refractivity contribution in [1.29, 1.82) is 0 Å². The van der Waals surface area contributed by atoms with E-state index in [1.165, 1.54) is 25.0 Å². The van der Waals surface area contributed by atoms with Gasteiger partial charge in [0.05, 0.1) is 7.11 Å². The molecule has 3 aliphatic carbocycles. The van der Waals surface area contributed by atoms with E-state index in [1.54, 1.807) is 7.11 Å². The van der Waals surface area contributed by atoms with Gasteiger partial charge in [-0.1, -0.05) is 13.0 Å². The van der Waals surface area contributed by atoms with Gasteiger partial charge in [-0.3, -0.25) is 9.59 Å². The van der Waals surface area contributed by atoms with E-state index in [9.17, 15) is 9.59 Å². The molecule has 4 unspecified atom stereocenters. The average molecular weight is 386 g/mol. The predicted molar refractivity (Wildman–Crippen MR) is 104 cm³/mol. The first-order chi connectivity index (χ1) is 13.3. The summed E-state index contributed by atoms with van der Waals surface area (Å²) in [6.45, 7) is 4.96. The van der Waals surface area contributed by atoms with Crippen molar-refractivity contribution in [3.05, 3.63) is 29.3 Å². The Hall–Kier alpha value is -2.04. The van der Waals surface area contributed by atoms with Gasteiger partial charge in [-0.05, 0) is 73.1 Å². The summed E-state index contributed by atoms with van der Waals surface area (Å²) in [4.78, 5) is 23.8. The minimum Gasteiger partial charge on any atom is -0.497 e. The molecule has 0 aromatic heterocycles. The number of aryl methyl sites for hydroxylation is 1. The van der Waals surface area contributed by atoms with Gasteiger partial charge in [0.1, 0.15) is 5.75 Å². The van der Waals surface area contributed by atoms with E-state index < -0.39 is 5.79 Å². The second-order valence-electron chi connectivity index (χ2n) is 8.92.